The van der Waals surface area contributed by atoms with E-state index in [2.05, 4.69) is 9.98 Å². The van der Waals surface area contributed by atoms with Crippen LogP contribution < -0.4 is 20.1 Å². The molecule has 1 fully saturated rings. The van der Waals surface area contributed by atoms with E-state index in [0.717, 1.165) is 0 Å². The molecule has 0 radical (unpaired) electrons. The Balaban J connectivity index is 1.52. The number of aliphatic hydroxyl groups is 1. The van der Waals surface area contributed by atoms with Crippen molar-refractivity contribution in [2.45, 2.75) is 24.7 Å². The topological polar surface area (TPSA) is 178 Å². The predicted molar refractivity (Wildman–Crippen MR) is 143 cm³/mol. The number of aromatic nitrogens is 1. The molecule has 2 aliphatic rings. The number of carbonyl (C=O) groups is 1. The molecular formula is C27H26F2N6O6. The number of amidine groups is 1. The summed E-state index contributed by atoms with van der Waals surface area (Å²) in [5, 5.41) is 37.4. The molecule has 0 saturated carbocycles. The second-order valence-corrected chi connectivity index (χ2v) is 9.62. The van der Waals surface area contributed by atoms with E-state index >= 15 is 4.39 Å². The van der Waals surface area contributed by atoms with Crippen LogP contribution in [0.25, 0.3) is 0 Å². The number of phenols is 1. The van der Waals surface area contributed by atoms with Crippen molar-refractivity contribution in [2.24, 2.45) is 10.7 Å². The number of nitrogens with one attached hydrogen (secondary N) is 1. The van der Waals surface area contributed by atoms with Crippen LogP contribution in [0, 0.1) is 17.0 Å². The smallest absolute Gasteiger partial charge is 0.326 e. The molecule has 2 aliphatic heterocycles. The SMILES string of the molecule is CN1CC=NC1c1cc(N2CC(O)CC2C(=O)O)ccc1Oc1c(F)cnc(Oc2cc(C(=N)N)ccc2O)c1F. The first-order valence-corrected chi connectivity index (χ1v) is 12.4. The number of hydrogen-bond donors (Lipinski definition) is 5. The van der Waals surface area contributed by atoms with E-state index in [1.54, 1.807) is 24.2 Å². The van der Waals surface area contributed by atoms with E-state index in [0.29, 0.717) is 24.0 Å². The number of hydrogen-bond acceptors (Lipinski definition) is 10. The van der Waals surface area contributed by atoms with Crippen LogP contribution in [0.5, 0.6) is 28.9 Å². The van der Waals surface area contributed by atoms with Crippen molar-refractivity contribution in [3.8, 4) is 28.9 Å². The molecule has 3 unspecified atom stereocenters. The van der Waals surface area contributed by atoms with Crippen LogP contribution in [0.2, 0.25) is 0 Å². The quantitative estimate of drug-likeness (QED) is 0.200. The number of β-amino-alcohol motifs (C(OH)–C–C–N with tert-alkyl or cyclic N) is 1. The molecule has 41 heavy (non-hydrogen) atoms. The summed E-state index contributed by atoms with van der Waals surface area (Å²) in [4.78, 5) is 23.3. The highest BCUT2D eigenvalue weighted by atomic mass is 19.1. The van der Waals surface area contributed by atoms with Gasteiger partial charge in [0.25, 0.3) is 5.88 Å². The van der Waals surface area contributed by atoms with Crippen LogP contribution in [0.1, 0.15) is 23.7 Å². The van der Waals surface area contributed by atoms with Crippen LogP contribution >= 0.6 is 0 Å². The van der Waals surface area contributed by atoms with Crippen molar-refractivity contribution in [3.63, 3.8) is 0 Å². The maximum absolute atomic E-state index is 15.5. The summed E-state index contributed by atoms with van der Waals surface area (Å²) < 4.78 is 41.6. The lowest BCUT2D eigenvalue weighted by atomic mass is 10.1. The van der Waals surface area contributed by atoms with E-state index in [1.807, 2.05) is 4.90 Å². The summed E-state index contributed by atoms with van der Waals surface area (Å²) in [6.45, 7) is 0.583. The van der Waals surface area contributed by atoms with Crippen LogP contribution in [0.3, 0.4) is 0 Å². The maximum Gasteiger partial charge on any atom is 0.326 e. The number of nitrogens with zero attached hydrogens (tertiary/aromatic N) is 4. The van der Waals surface area contributed by atoms with Crippen molar-refractivity contribution in [3.05, 3.63) is 65.4 Å². The molecule has 6 N–H and O–H groups in total. The number of nitrogens with two attached hydrogens (primary N) is 1. The fourth-order valence-electron chi connectivity index (χ4n) is 4.72. The highest BCUT2D eigenvalue weighted by Gasteiger charge is 2.37. The summed E-state index contributed by atoms with van der Waals surface area (Å²) in [5.41, 5.74) is 6.53. The number of ether oxygens (including phenoxy) is 2. The fraction of sp³-hybridized carbons (Fsp3) is 0.259. The molecule has 214 valence electrons. The lowest BCUT2D eigenvalue weighted by Gasteiger charge is -2.27. The second-order valence-electron chi connectivity index (χ2n) is 9.62. The van der Waals surface area contributed by atoms with Gasteiger partial charge in [-0.25, -0.2) is 14.2 Å². The summed E-state index contributed by atoms with van der Waals surface area (Å²) in [7, 11) is 1.79. The molecular weight excluding hydrogens is 542 g/mol. The third-order valence-corrected chi connectivity index (χ3v) is 6.79. The molecule has 3 heterocycles. The Labute approximate surface area is 232 Å². The minimum absolute atomic E-state index is 0.0349. The van der Waals surface area contributed by atoms with E-state index in [4.69, 9.17) is 20.6 Å². The molecule has 1 aromatic heterocycles. The zero-order valence-electron chi connectivity index (χ0n) is 21.7. The standard InChI is InChI=1S/C27H26F2N6O6/c1-34-7-6-32-25(34)16-9-14(35-12-15(36)10-18(35)27(38)39)3-5-20(16)40-23-17(28)11-33-26(22(23)29)41-21-8-13(24(30)31)2-4-19(21)37/h2-6,8-9,11,15,18,25,36-37H,7,10,12H2,1H3,(H3,30,31)(H,38,39). The first-order chi connectivity index (χ1) is 19.5. The molecule has 5 rings (SSSR count). The fourth-order valence-corrected chi connectivity index (χ4v) is 4.72. The van der Waals surface area contributed by atoms with Crippen molar-refractivity contribution in [1.82, 2.24) is 9.88 Å². The van der Waals surface area contributed by atoms with Gasteiger partial charge in [0, 0.05) is 42.5 Å². The van der Waals surface area contributed by atoms with Crippen molar-refractivity contribution in [2.75, 3.05) is 25.0 Å². The average Bonchev–Trinajstić information content (AvgIpc) is 3.54. The largest absolute Gasteiger partial charge is 0.504 e. The average molecular weight is 569 g/mol. The first-order valence-electron chi connectivity index (χ1n) is 12.4. The first kappa shape index (κ1) is 27.7. The van der Waals surface area contributed by atoms with Gasteiger partial charge in [-0.2, -0.15) is 4.39 Å². The number of phenolic OH excluding ortho intramolecular Hbond substituents is 1. The summed E-state index contributed by atoms with van der Waals surface area (Å²) in [5.74, 6) is -6.02. The number of benzene rings is 2. The Bertz CT molecular complexity index is 1550. The number of pyridine rings is 1. The predicted octanol–water partition coefficient (Wildman–Crippen LogP) is 2.97. The second kappa shape index (κ2) is 11.0. The third-order valence-electron chi connectivity index (χ3n) is 6.79. The van der Waals surface area contributed by atoms with Crippen LogP contribution in [0.15, 0.2) is 47.6 Å². The van der Waals surface area contributed by atoms with E-state index in [1.165, 1.54) is 30.3 Å². The molecule has 0 spiro atoms. The van der Waals surface area contributed by atoms with Gasteiger partial charge in [-0.3, -0.25) is 15.3 Å². The lowest BCUT2D eigenvalue weighted by Crippen LogP contribution is -2.36. The van der Waals surface area contributed by atoms with Gasteiger partial charge in [-0.05, 0) is 43.4 Å². The monoisotopic (exact) mass is 568 g/mol. The Morgan fingerprint density at radius 3 is 2.63 bits per heavy atom. The van der Waals surface area contributed by atoms with Gasteiger partial charge in [0.05, 0.1) is 12.3 Å². The van der Waals surface area contributed by atoms with Crippen molar-refractivity contribution < 1.29 is 38.4 Å². The minimum atomic E-state index is -1.30. The van der Waals surface area contributed by atoms with Crippen LogP contribution in [0.4, 0.5) is 14.5 Å². The molecule has 1 saturated heterocycles. The molecule has 12 nitrogen and oxygen atoms in total. The highest BCUT2D eigenvalue weighted by molar-refractivity contribution is 5.95. The molecule has 0 aliphatic carbocycles. The van der Waals surface area contributed by atoms with Gasteiger partial charge >= 0.3 is 5.97 Å². The molecule has 14 heteroatoms. The number of nitrogen functional groups attached to an aromatic ring is 1. The number of anilines is 1. The van der Waals surface area contributed by atoms with Crippen LogP contribution in [-0.2, 0) is 4.79 Å². The normalized spacial score (nSPS) is 20.4. The maximum atomic E-state index is 15.5. The Morgan fingerprint density at radius 1 is 1.17 bits per heavy atom. The molecule has 3 aromatic rings. The lowest BCUT2D eigenvalue weighted by molar-refractivity contribution is -0.138. The van der Waals surface area contributed by atoms with E-state index < -0.39 is 53.3 Å². The van der Waals surface area contributed by atoms with Gasteiger partial charge in [0.2, 0.25) is 11.6 Å². The summed E-state index contributed by atoms with van der Waals surface area (Å²) in [6.07, 6.45) is 0.969. The van der Waals surface area contributed by atoms with E-state index in [-0.39, 0.29) is 35.9 Å². The number of carboxylic acid groups (broad SMARTS) is 1. The van der Waals surface area contributed by atoms with Crippen molar-refractivity contribution in [1.29, 1.82) is 5.41 Å². The molecule has 2 aromatic carbocycles. The number of halogens is 2. The Hall–Kier alpha value is -4.82. The van der Waals surface area contributed by atoms with Gasteiger partial charge in [0.15, 0.2) is 17.3 Å². The molecule has 0 bridgehead atoms. The third kappa shape index (κ3) is 5.47. The Kier molecular flexibility index (Phi) is 7.43. The number of aromatic hydroxyl groups is 1. The minimum Gasteiger partial charge on any atom is -0.504 e. The number of aliphatic hydroxyl groups excluding tert-OH is 1. The van der Waals surface area contributed by atoms with Gasteiger partial charge in [-0.1, -0.05) is 0 Å². The number of rotatable bonds is 8. The zero-order chi connectivity index (χ0) is 29.4. The van der Waals surface area contributed by atoms with Gasteiger partial charge in [0.1, 0.15) is 23.8 Å². The zero-order valence-corrected chi connectivity index (χ0v) is 21.7. The van der Waals surface area contributed by atoms with Crippen molar-refractivity contribution >= 4 is 23.7 Å². The van der Waals surface area contributed by atoms with Gasteiger partial charge < -0.3 is 35.4 Å². The Morgan fingerprint density at radius 2 is 1.95 bits per heavy atom. The van der Waals surface area contributed by atoms with E-state index in [9.17, 15) is 24.5 Å². The van der Waals surface area contributed by atoms with Crippen LogP contribution in [-0.4, -0.2) is 75.5 Å². The molecule has 0 amide bonds. The summed E-state index contributed by atoms with van der Waals surface area (Å²) >= 11 is 0. The number of aliphatic imine (C=N–C) groups is 1. The number of aliphatic carboxylic acids is 1. The highest BCUT2D eigenvalue weighted by Crippen LogP contribution is 2.41. The van der Waals surface area contributed by atoms with Gasteiger partial charge in [-0.15, -0.1) is 0 Å². The number of carboxylic acids is 1. The molecule has 3 atom stereocenters. The summed E-state index contributed by atoms with van der Waals surface area (Å²) in [6, 6.07) is 7.40.